The normalized spacial score (nSPS) is 13.4. The second-order valence-electron chi connectivity index (χ2n) is 7.08. The van der Waals surface area contributed by atoms with E-state index in [0.717, 1.165) is 0 Å². The second-order valence-corrected chi connectivity index (χ2v) is 7.08. The fourth-order valence-corrected chi connectivity index (χ4v) is 2.65. The van der Waals surface area contributed by atoms with E-state index in [9.17, 15) is 19.2 Å². The summed E-state index contributed by atoms with van der Waals surface area (Å²) in [7, 11) is 0. The van der Waals surface area contributed by atoms with Crippen LogP contribution in [-0.2, 0) is 4.84 Å². The third-order valence-electron chi connectivity index (χ3n) is 3.81. The lowest BCUT2D eigenvalue weighted by atomic mass is 10.0. The Morgan fingerprint density at radius 3 is 1.85 bits per heavy atom. The zero-order chi connectivity index (χ0) is 19.8. The summed E-state index contributed by atoms with van der Waals surface area (Å²) in [5, 5.41) is 3.18. The molecule has 7 heteroatoms. The number of hydroxylamine groups is 2. The minimum absolute atomic E-state index is 0.0455. The van der Waals surface area contributed by atoms with Gasteiger partial charge in [0.25, 0.3) is 17.7 Å². The lowest BCUT2D eigenvalue weighted by molar-refractivity contribution is -0.0585. The molecule has 0 saturated heterocycles. The molecule has 0 spiro atoms. The van der Waals surface area contributed by atoms with Gasteiger partial charge in [0.05, 0.1) is 22.3 Å². The first kappa shape index (κ1) is 18.3. The van der Waals surface area contributed by atoms with Crippen LogP contribution in [0.25, 0.3) is 0 Å². The average Bonchev–Trinajstić information content (AvgIpc) is 2.85. The van der Waals surface area contributed by atoms with Gasteiger partial charge in [-0.25, -0.2) is 4.79 Å². The van der Waals surface area contributed by atoms with E-state index in [2.05, 4.69) is 5.32 Å². The standard InChI is InChI=1S/C20H18N2O5/c1-20(2,3)21-16(23)12-8-4-7-11-15(12)19(26)27-22-17(24)13-9-5-6-10-14(13)18(22)25/h4-11H,1-3H3,(H,21,23). The van der Waals surface area contributed by atoms with Crippen LogP contribution < -0.4 is 5.32 Å². The van der Waals surface area contributed by atoms with Gasteiger partial charge in [-0.3, -0.25) is 14.4 Å². The molecule has 0 unspecified atom stereocenters. The predicted molar refractivity (Wildman–Crippen MR) is 96.0 cm³/mol. The van der Waals surface area contributed by atoms with E-state index in [1.165, 1.54) is 24.3 Å². The van der Waals surface area contributed by atoms with Gasteiger partial charge >= 0.3 is 5.97 Å². The van der Waals surface area contributed by atoms with Crippen molar-refractivity contribution >= 4 is 23.7 Å². The molecular weight excluding hydrogens is 348 g/mol. The molecule has 1 N–H and O–H groups in total. The Labute approximate surface area is 155 Å². The summed E-state index contributed by atoms with van der Waals surface area (Å²) in [6.07, 6.45) is 0. The van der Waals surface area contributed by atoms with Crippen molar-refractivity contribution in [3.63, 3.8) is 0 Å². The Morgan fingerprint density at radius 1 is 0.852 bits per heavy atom. The molecular formula is C20H18N2O5. The molecule has 1 heterocycles. The predicted octanol–water partition coefficient (Wildman–Crippen LogP) is 2.58. The molecule has 0 fully saturated rings. The van der Waals surface area contributed by atoms with E-state index in [4.69, 9.17) is 4.84 Å². The topological polar surface area (TPSA) is 92.8 Å². The summed E-state index contributed by atoms with van der Waals surface area (Å²) in [4.78, 5) is 54.7. The molecule has 0 atom stereocenters. The van der Waals surface area contributed by atoms with Crippen molar-refractivity contribution in [2.24, 2.45) is 0 Å². The number of carbonyl (C=O) groups excluding carboxylic acids is 4. The van der Waals surface area contributed by atoms with Crippen molar-refractivity contribution in [3.8, 4) is 0 Å². The molecule has 0 bridgehead atoms. The quantitative estimate of drug-likeness (QED) is 0.843. The monoisotopic (exact) mass is 366 g/mol. The van der Waals surface area contributed by atoms with E-state index in [-0.39, 0.29) is 22.3 Å². The zero-order valence-corrected chi connectivity index (χ0v) is 15.1. The molecule has 1 aliphatic heterocycles. The first-order chi connectivity index (χ1) is 12.7. The van der Waals surface area contributed by atoms with E-state index < -0.39 is 29.2 Å². The van der Waals surface area contributed by atoms with Gasteiger partial charge in [-0.1, -0.05) is 29.3 Å². The summed E-state index contributed by atoms with van der Waals surface area (Å²) in [6.45, 7) is 5.43. The van der Waals surface area contributed by atoms with E-state index >= 15 is 0 Å². The van der Waals surface area contributed by atoms with Crippen molar-refractivity contribution in [2.45, 2.75) is 26.3 Å². The number of hydrogen-bond donors (Lipinski definition) is 1. The summed E-state index contributed by atoms with van der Waals surface area (Å²) in [5.41, 5.74) is -0.135. The van der Waals surface area contributed by atoms with Gasteiger partial charge in [0, 0.05) is 5.54 Å². The van der Waals surface area contributed by atoms with E-state index in [1.54, 1.807) is 24.3 Å². The lowest BCUT2D eigenvalue weighted by Gasteiger charge is -2.21. The molecule has 0 radical (unpaired) electrons. The smallest absolute Gasteiger partial charge is 0.347 e. The van der Waals surface area contributed by atoms with Crippen LogP contribution in [0.2, 0.25) is 0 Å². The summed E-state index contributed by atoms with van der Waals surface area (Å²) in [5.74, 6) is -2.87. The maximum Gasteiger partial charge on any atom is 0.364 e. The Hall–Kier alpha value is -3.48. The van der Waals surface area contributed by atoms with Gasteiger partial charge in [0.15, 0.2) is 0 Å². The van der Waals surface area contributed by atoms with Crippen LogP contribution in [0.3, 0.4) is 0 Å². The number of benzene rings is 2. The van der Waals surface area contributed by atoms with Crippen LogP contribution in [-0.4, -0.2) is 34.3 Å². The van der Waals surface area contributed by atoms with E-state index in [0.29, 0.717) is 5.06 Å². The van der Waals surface area contributed by atoms with Gasteiger partial charge in [0.1, 0.15) is 0 Å². The second kappa shape index (κ2) is 6.68. The molecule has 138 valence electrons. The van der Waals surface area contributed by atoms with Gasteiger partial charge in [0.2, 0.25) is 0 Å². The number of nitrogens with zero attached hydrogens (tertiary/aromatic N) is 1. The highest BCUT2D eigenvalue weighted by Gasteiger charge is 2.39. The van der Waals surface area contributed by atoms with Gasteiger partial charge < -0.3 is 10.2 Å². The van der Waals surface area contributed by atoms with Gasteiger partial charge in [-0.05, 0) is 45.0 Å². The molecule has 2 aromatic carbocycles. The summed E-state index contributed by atoms with van der Waals surface area (Å²) in [6, 6.07) is 12.2. The average molecular weight is 366 g/mol. The van der Waals surface area contributed by atoms with Crippen LogP contribution in [0, 0.1) is 0 Å². The van der Waals surface area contributed by atoms with Crippen LogP contribution >= 0.6 is 0 Å². The SMILES string of the molecule is CC(C)(C)NC(=O)c1ccccc1C(=O)ON1C(=O)c2ccccc2C1=O. The summed E-state index contributed by atoms with van der Waals surface area (Å²) < 4.78 is 0. The Balaban J connectivity index is 1.85. The van der Waals surface area contributed by atoms with E-state index in [1.807, 2.05) is 20.8 Å². The van der Waals surface area contributed by atoms with Crippen LogP contribution in [0.15, 0.2) is 48.5 Å². The fourth-order valence-electron chi connectivity index (χ4n) is 2.65. The fraction of sp³-hybridized carbons (Fsp3) is 0.200. The first-order valence-electron chi connectivity index (χ1n) is 8.31. The number of imide groups is 1. The molecule has 3 rings (SSSR count). The zero-order valence-electron chi connectivity index (χ0n) is 15.1. The molecule has 7 nitrogen and oxygen atoms in total. The highest BCUT2D eigenvalue weighted by molar-refractivity contribution is 6.21. The molecule has 2 aromatic rings. The molecule has 1 aliphatic rings. The molecule has 0 aliphatic carbocycles. The highest BCUT2D eigenvalue weighted by atomic mass is 16.7. The maximum atomic E-state index is 12.6. The molecule has 0 aromatic heterocycles. The Morgan fingerprint density at radius 2 is 1.33 bits per heavy atom. The lowest BCUT2D eigenvalue weighted by Crippen LogP contribution is -2.41. The third-order valence-corrected chi connectivity index (χ3v) is 3.81. The highest BCUT2D eigenvalue weighted by Crippen LogP contribution is 2.24. The number of amides is 3. The molecule has 27 heavy (non-hydrogen) atoms. The number of carbonyl (C=O) groups is 4. The largest absolute Gasteiger partial charge is 0.364 e. The Bertz CT molecular complexity index is 924. The van der Waals surface area contributed by atoms with Crippen LogP contribution in [0.5, 0.6) is 0 Å². The van der Waals surface area contributed by atoms with Crippen molar-refractivity contribution < 1.29 is 24.0 Å². The van der Waals surface area contributed by atoms with Crippen molar-refractivity contribution in [2.75, 3.05) is 0 Å². The Kier molecular flexibility index (Phi) is 4.53. The minimum atomic E-state index is -0.968. The first-order valence-corrected chi connectivity index (χ1v) is 8.31. The number of fused-ring (bicyclic) bond motifs is 1. The third kappa shape index (κ3) is 3.57. The number of nitrogens with one attached hydrogen (secondary N) is 1. The number of rotatable bonds is 3. The van der Waals surface area contributed by atoms with Crippen LogP contribution in [0.4, 0.5) is 0 Å². The minimum Gasteiger partial charge on any atom is -0.347 e. The van der Waals surface area contributed by atoms with Gasteiger partial charge in [-0.2, -0.15) is 0 Å². The maximum absolute atomic E-state index is 12.6. The van der Waals surface area contributed by atoms with Crippen molar-refractivity contribution in [1.29, 1.82) is 0 Å². The summed E-state index contributed by atoms with van der Waals surface area (Å²) >= 11 is 0. The van der Waals surface area contributed by atoms with Crippen LogP contribution in [0.1, 0.15) is 62.2 Å². The van der Waals surface area contributed by atoms with Crippen molar-refractivity contribution in [1.82, 2.24) is 10.4 Å². The number of hydrogen-bond acceptors (Lipinski definition) is 5. The van der Waals surface area contributed by atoms with Crippen molar-refractivity contribution in [3.05, 3.63) is 70.8 Å². The molecule has 0 saturated carbocycles. The molecule has 3 amide bonds. The van der Waals surface area contributed by atoms with Gasteiger partial charge in [-0.15, -0.1) is 0 Å².